The molecule has 2 heterocycles. The van der Waals surface area contributed by atoms with Crippen LogP contribution in [0.1, 0.15) is 16.7 Å². The number of nitrogens with zero attached hydrogens (tertiary/aromatic N) is 2. The number of amides is 2. The first kappa shape index (κ1) is 16.0. The quantitative estimate of drug-likeness (QED) is 0.823. The summed E-state index contributed by atoms with van der Waals surface area (Å²) in [6.45, 7) is 6.06. The van der Waals surface area contributed by atoms with E-state index in [9.17, 15) is 9.59 Å². The third-order valence-electron chi connectivity index (χ3n) is 5.03. The molecule has 0 aliphatic carbocycles. The summed E-state index contributed by atoms with van der Waals surface area (Å²) in [5, 5.41) is 0. The van der Waals surface area contributed by atoms with Crippen molar-refractivity contribution in [2.45, 2.75) is 26.3 Å². The maximum atomic E-state index is 12.7. The number of aryl methyl sites for hydroxylation is 2. The van der Waals surface area contributed by atoms with Crippen LogP contribution in [0.2, 0.25) is 0 Å². The van der Waals surface area contributed by atoms with Crippen LogP contribution in [0.15, 0.2) is 18.2 Å². The largest absolute Gasteiger partial charge is 0.378 e. The fourth-order valence-corrected chi connectivity index (χ4v) is 3.30. The second kappa shape index (κ2) is 6.32. The number of ether oxygens (including phenoxy) is 1. The summed E-state index contributed by atoms with van der Waals surface area (Å²) in [6, 6.07) is 6.10. The van der Waals surface area contributed by atoms with Gasteiger partial charge in [0.25, 0.3) is 0 Å². The maximum Gasteiger partial charge on any atom is 0.229 e. The highest BCUT2D eigenvalue weighted by Gasteiger charge is 2.38. The molecule has 2 amide bonds. The van der Waals surface area contributed by atoms with E-state index in [1.54, 1.807) is 4.90 Å². The minimum absolute atomic E-state index is 0.0429. The molecule has 0 spiro atoms. The van der Waals surface area contributed by atoms with Crippen LogP contribution in [0.25, 0.3) is 0 Å². The molecule has 5 nitrogen and oxygen atoms in total. The lowest BCUT2D eigenvalue weighted by Gasteiger charge is -2.29. The van der Waals surface area contributed by atoms with Crippen LogP contribution in [-0.2, 0) is 20.7 Å². The Bertz CT molecular complexity index is 629. The van der Waals surface area contributed by atoms with Gasteiger partial charge in [0.1, 0.15) is 0 Å². The molecule has 0 unspecified atom stereocenters. The van der Waals surface area contributed by atoms with Crippen molar-refractivity contribution in [2.75, 3.05) is 33.4 Å². The highest BCUT2D eigenvalue weighted by Crippen LogP contribution is 2.20. The fourth-order valence-electron chi connectivity index (χ4n) is 3.30. The molecule has 23 heavy (non-hydrogen) atoms. The van der Waals surface area contributed by atoms with Crippen LogP contribution in [0.3, 0.4) is 0 Å². The standard InChI is InChI=1S/C18H24N2O3/c1-12-4-5-14(6-13(12)2)7-17(21)20-8-15-10-23-11-16(9-20)19(3)18(15)22/h4-6,15-16H,7-11H2,1-3H3/t15-,16+/m1/s1. The molecule has 2 fully saturated rings. The second-order valence-corrected chi connectivity index (χ2v) is 6.73. The fraction of sp³-hybridized carbons (Fsp3) is 0.556. The van der Waals surface area contributed by atoms with E-state index in [1.807, 2.05) is 18.0 Å². The zero-order valence-corrected chi connectivity index (χ0v) is 14.0. The van der Waals surface area contributed by atoms with Crippen molar-refractivity contribution in [3.63, 3.8) is 0 Å². The third-order valence-corrected chi connectivity index (χ3v) is 5.03. The molecule has 1 aromatic carbocycles. The molecule has 1 aromatic rings. The number of carbonyl (C=O) groups excluding carboxylic acids is 2. The van der Waals surface area contributed by atoms with Crippen LogP contribution >= 0.6 is 0 Å². The van der Waals surface area contributed by atoms with E-state index in [0.29, 0.717) is 32.7 Å². The Kier molecular flexibility index (Phi) is 4.39. The van der Waals surface area contributed by atoms with Crippen LogP contribution < -0.4 is 0 Å². The average Bonchev–Trinajstić information content (AvgIpc) is 2.69. The second-order valence-electron chi connectivity index (χ2n) is 6.73. The Morgan fingerprint density at radius 3 is 2.74 bits per heavy atom. The van der Waals surface area contributed by atoms with Gasteiger partial charge in [-0.25, -0.2) is 0 Å². The van der Waals surface area contributed by atoms with Gasteiger partial charge in [-0.2, -0.15) is 0 Å². The topological polar surface area (TPSA) is 49.9 Å². The van der Waals surface area contributed by atoms with Gasteiger partial charge in [-0.15, -0.1) is 0 Å². The molecule has 0 saturated carbocycles. The molecule has 2 aliphatic rings. The lowest BCUT2D eigenvalue weighted by Crippen LogP contribution is -2.45. The Labute approximate surface area is 137 Å². The van der Waals surface area contributed by atoms with Gasteiger partial charge >= 0.3 is 0 Å². The molecular weight excluding hydrogens is 292 g/mol. The van der Waals surface area contributed by atoms with Crippen molar-refractivity contribution in [3.8, 4) is 0 Å². The Morgan fingerprint density at radius 2 is 2.00 bits per heavy atom. The number of fused-ring (bicyclic) bond motifs is 3. The first-order valence-corrected chi connectivity index (χ1v) is 8.14. The summed E-state index contributed by atoms with van der Waals surface area (Å²) in [5.41, 5.74) is 3.46. The van der Waals surface area contributed by atoms with Gasteiger partial charge in [-0.1, -0.05) is 18.2 Å². The van der Waals surface area contributed by atoms with Crippen LogP contribution in [-0.4, -0.2) is 61.0 Å². The Morgan fingerprint density at radius 1 is 1.22 bits per heavy atom. The summed E-state index contributed by atoms with van der Waals surface area (Å²) < 4.78 is 5.58. The lowest BCUT2D eigenvalue weighted by atomic mass is 10.0. The van der Waals surface area contributed by atoms with E-state index in [0.717, 1.165) is 5.56 Å². The van der Waals surface area contributed by atoms with Gasteiger partial charge < -0.3 is 14.5 Å². The molecule has 0 N–H and O–H groups in total. The highest BCUT2D eigenvalue weighted by molar-refractivity contribution is 5.83. The molecule has 0 radical (unpaired) electrons. The summed E-state index contributed by atoms with van der Waals surface area (Å²) in [5.74, 6) is -0.0570. The van der Waals surface area contributed by atoms with Crippen molar-refractivity contribution in [2.24, 2.45) is 5.92 Å². The summed E-state index contributed by atoms with van der Waals surface area (Å²) >= 11 is 0. The van der Waals surface area contributed by atoms with Crippen molar-refractivity contribution in [1.29, 1.82) is 0 Å². The van der Waals surface area contributed by atoms with E-state index in [-0.39, 0.29) is 23.8 Å². The number of carbonyl (C=O) groups is 2. The summed E-state index contributed by atoms with van der Waals surface area (Å²) in [7, 11) is 1.81. The van der Waals surface area contributed by atoms with Crippen LogP contribution in [0, 0.1) is 19.8 Å². The maximum absolute atomic E-state index is 12.7. The van der Waals surface area contributed by atoms with Crippen molar-refractivity contribution in [1.82, 2.24) is 9.80 Å². The SMILES string of the molecule is Cc1ccc(CC(=O)N2C[C@@H]3COC[C@H](C2)N(C)C3=O)cc1C. The Hall–Kier alpha value is -1.88. The molecule has 0 aromatic heterocycles. The minimum atomic E-state index is -0.240. The number of benzene rings is 1. The van der Waals surface area contributed by atoms with Gasteiger partial charge in [0, 0.05) is 20.1 Å². The van der Waals surface area contributed by atoms with Crippen molar-refractivity contribution >= 4 is 11.8 Å². The molecule has 3 rings (SSSR count). The summed E-state index contributed by atoms with van der Waals surface area (Å²) in [4.78, 5) is 28.7. The van der Waals surface area contributed by atoms with Gasteiger partial charge in [0.2, 0.25) is 11.8 Å². The highest BCUT2D eigenvalue weighted by atomic mass is 16.5. The smallest absolute Gasteiger partial charge is 0.229 e. The molecular formula is C18H24N2O3. The molecule has 2 atom stereocenters. The number of rotatable bonds is 2. The van der Waals surface area contributed by atoms with E-state index in [2.05, 4.69) is 26.0 Å². The average molecular weight is 316 g/mol. The van der Waals surface area contributed by atoms with Gasteiger partial charge in [-0.05, 0) is 30.5 Å². The zero-order valence-electron chi connectivity index (χ0n) is 14.0. The molecule has 2 saturated heterocycles. The zero-order chi connectivity index (χ0) is 16.6. The monoisotopic (exact) mass is 316 g/mol. The molecule has 124 valence electrons. The normalized spacial score (nSPS) is 24.6. The van der Waals surface area contributed by atoms with E-state index >= 15 is 0 Å². The van der Waals surface area contributed by atoms with E-state index in [4.69, 9.17) is 4.74 Å². The van der Waals surface area contributed by atoms with E-state index < -0.39 is 0 Å². The molecule has 2 aliphatic heterocycles. The molecule has 5 heteroatoms. The van der Waals surface area contributed by atoms with Gasteiger partial charge in [0.05, 0.1) is 31.6 Å². The van der Waals surface area contributed by atoms with E-state index in [1.165, 1.54) is 11.1 Å². The predicted molar refractivity (Wildman–Crippen MR) is 87.1 cm³/mol. The van der Waals surface area contributed by atoms with Gasteiger partial charge in [-0.3, -0.25) is 9.59 Å². The number of hydrogen-bond donors (Lipinski definition) is 0. The third kappa shape index (κ3) is 3.24. The number of hydrogen-bond acceptors (Lipinski definition) is 3. The van der Waals surface area contributed by atoms with Gasteiger partial charge in [0.15, 0.2) is 0 Å². The Balaban J connectivity index is 1.74. The first-order chi connectivity index (χ1) is 11.0. The lowest BCUT2D eigenvalue weighted by molar-refractivity contribution is -0.134. The summed E-state index contributed by atoms with van der Waals surface area (Å²) in [6.07, 6.45) is 0.388. The number of likely N-dealkylation sites (N-methyl/N-ethyl adjacent to an activating group) is 1. The van der Waals surface area contributed by atoms with Crippen LogP contribution in [0.4, 0.5) is 0 Å². The molecule has 2 bridgehead atoms. The van der Waals surface area contributed by atoms with Crippen molar-refractivity contribution in [3.05, 3.63) is 34.9 Å². The first-order valence-electron chi connectivity index (χ1n) is 8.14. The predicted octanol–water partition coefficient (Wildman–Crippen LogP) is 1.16. The minimum Gasteiger partial charge on any atom is -0.378 e. The van der Waals surface area contributed by atoms with Crippen molar-refractivity contribution < 1.29 is 14.3 Å². The van der Waals surface area contributed by atoms with Crippen LogP contribution in [0.5, 0.6) is 0 Å².